The van der Waals surface area contributed by atoms with Gasteiger partial charge in [-0.3, -0.25) is 9.59 Å². The molecule has 7 nitrogen and oxygen atoms in total. The van der Waals surface area contributed by atoms with Gasteiger partial charge in [0.05, 0.1) is 6.54 Å². The van der Waals surface area contributed by atoms with E-state index in [1.807, 2.05) is 0 Å². The van der Waals surface area contributed by atoms with Gasteiger partial charge in [-0.2, -0.15) is 0 Å². The maximum absolute atomic E-state index is 12.3. The SMILES string of the molecule is CCc1ccc(CCNC(=O)c2csc(CNC(=O)COc3ccc(OC(F)(F)F)cc3)n2)cc1. The molecule has 0 saturated carbocycles. The second-order valence-corrected chi connectivity index (χ2v) is 8.33. The van der Waals surface area contributed by atoms with E-state index in [0.717, 1.165) is 24.1 Å². The highest BCUT2D eigenvalue weighted by Crippen LogP contribution is 2.24. The lowest BCUT2D eigenvalue weighted by atomic mass is 10.1. The second-order valence-electron chi connectivity index (χ2n) is 7.39. The molecule has 1 aromatic heterocycles. The smallest absolute Gasteiger partial charge is 0.484 e. The van der Waals surface area contributed by atoms with Crippen molar-refractivity contribution in [1.82, 2.24) is 15.6 Å². The summed E-state index contributed by atoms with van der Waals surface area (Å²) < 4.78 is 45.5. The number of carbonyl (C=O) groups excluding carboxylic acids is 2. The number of nitrogens with zero attached hydrogens (tertiary/aromatic N) is 1. The zero-order valence-corrected chi connectivity index (χ0v) is 19.7. The average Bonchev–Trinajstić information content (AvgIpc) is 3.31. The zero-order chi connectivity index (χ0) is 25.3. The summed E-state index contributed by atoms with van der Waals surface area (Å²) in [6.07, 6.45) is -3.09. The molecule has 0 fully saturated rings. The summed E-state index contributed by atoms with van der Waals surface area (Å²) in [5.41, 5.74) is 2.68. The van der Waals surface area contributed by atoms with E-state index in [4.69, 9.17) is 4.74 Å². The Morgan fingerprint density at radius 1 is 0.971 bits per heavy atom. The van der Waals surface area contributed by atoms with Crippen LogP contribution in [0.4, 0.5) is 13.2 Å². The van der Waals surface area contributed by atoms with Crippen LogP contribution in [0.3, 0.4) is 0 Å². The molecule has 2 aromatic carbocycles. The molecule has 3 aromatic rings. The van der Waals surface area contributed by atoms with Crippen LogP contribution in [-0.4, -0.2) is 36.3 Å². The fraction of sp³-hybridized carbons (Fsp3) is 0.292. The summed E-state index contributed by atoms with van der Waals surface area (Å²) >= 11 is 1.24. The lowest BCUT2D eigenvalue weighted by Crippen LogP contribution is -2.28. The Morgan fingerprint density at radius 3 is 2.29 bits per heavy atom. The third-order valence-corrected chi connectivity index (χ3v) is 5.63. The first-order chi connectivity index (χ1) is 16.7. The molecule has 1 heterocycles. The highest BCUT2D eigenvalue weighted by molar-refractivity contribution is 7.09. The van der Waals surface area contributed by atoms with Crippen molar-refractivity contribution < 1.29 is 32.2 Å². The molecule has 11 heteroatoms. The van der Waals surface area contributed by atoms with Crippen LogP contribution in [-0.2, 0) is 24.2 Å². The van der Waals surface area contributed by atoms with Gasteiger partial charge in [-0.05, 0) is 48.2 Å². The monoisotopic (exact) mass is 507 g/mol. The van der Waals surface area contributed by atoms with Crippen molar-refractivity contribution in [2.45, 2.75) is 32.7 Å². The van der Waals surface area contributed by atoms with Gasteiger partial charge in [-0.1, -0.05) is 31.2 Å². The summed E-state index contributed by atoms with van der Waals surface area (Å²) in [5.74, 6) is -0.908. The summed E-state index contributed by atoms with van der Waals surface area (Å²) in [6, 6.07) is 13.0. The van der Waals surface area contributed by atoms with Crippen molar-refractivity contribution in [3.63, 3.8) is 0 Å². The lowest BCUT2D eigenvalue weighted by molar-refractivity contribution is -0.274. The van der Waals surface area contributed by atoms with Gasteiger partial charge in [0.2, 0.25) is 0 Å². The Morgan fingerprint density at radius 2 is 1.63 bits per heavy atom. The van der Waals surface area contributed by atoms with E-state index in [-0.39, 0.29) is 36.3 Å². The van der Waals surface area contributed by atoms with Gasteiger partial charge in [-0.15, -0.1) is 24.5 Å². The third kappa shape index (κ3) is 8.93. The number of carbonyl (C=O) groups is 2. The van der Waals surface area contributed by atoms with Crippen molar-refractivity contribution in [1.29, 1.82) is 0 Å². The maximum atomic E-state index is 12.3. The molecule has 0 bridgehead atoms. The number of halogens is 3. The minimum atomic E-state index is -4.78. The number of aromatic nitrogens is 1. The van der Waals surface area contributed by atoms with Crippen LogP contribution < -0.4 is 20.1 Å². The summed E-state index contributed by atoms with van der Waals surface area (Å²) in [7, 11) is 0. The van der Waals surface area contributed by atoms with Gasteiger partial charge in [0.1, 0.15) is 22.2 Å². The Kier molecular flexibility index (Phi) is 9.07. The molecule has 0 radical (unpaired) electrons. The molecular weight excluding hydrogens is 483 g/mol. The van der Waals surface area contributed by atoms with Crippen LogP contribution >= 0.6 is 11.3 Å². The normalized spacial score (nSPS) is 11.1. The molecule has 0 aliphatic heterocycles. The molecule has 0 saturated heterocycles. The number of thiazole rings is 1. The molecule has 35 heavy (non-hydrogen) atoms. The molecule has 186 valence electrons. The number of alkyl halides is 3. The Bertz CT molecular complexity index is 1120. The first-order valence-corrected chi connectivity index (χ1v) is 11.7. The molecule has 0 aliphatic carbocycles. The minimum absolute atomic E-state index is 0.113. The number of rotatable bonds is 11. The van der Waals surface area contributed by atoms with Crippen molar-refractivity contribution in [2.24, 2.45) is 0 Å². The van der Waals surface area contributed by atoms with Gasteiger partial charge >= 0.3 is 6.36 Å². The summed E-state index contributed by atoms with van der Waals surface area (Å²) in [6.45, 7) is 2.35. The highest BCUT2D eigenvalue weighted by atomic mass is 32.1. The molecule has 2 N–H and O–H groups in total. The highest BCUT2D eigenvalue weighted by Gasteiger charge is 2.31. The molecule has 3 rings (SSSR count). The Labute approximate surface area is 204 Å². The number of nitrogens with one attached hydrogen (secondary N) is 2. The van der Waals surface area contributed by atoms with E-state index in [1.54, 1.807) is 5.38 Å². The van der Waals surface area contributed by atoms with Gasteiger partial charge in [-0.25, -0.2) is 4.98 Å². The number of ether oxygens (including phenoxy) is 2. The summed E-state index contributed by atoms with van der Waals surface area (Å²) in [5, 5.41) is 7.62. The van der Waals surface area contributed by atoms with Gasteiger partial charge in [0.15, 0.2) is 6.61 Å². The largest absolute Gasteiger partial charge is 0.573 e. The number of aryl methyl sites for hydroxylation is 1. The van der Waals surface area contributed by atoms with Crippen LogP contribution in [0.25, 0.3) is 0 Å². The quantitative estimate of drug-likeness (QED) is 0.405. The third-order valence-electron chi connectivity index (χ3n) is 4.78. The standard InChI is InChI=1S/C24H24F3N3O4S/c1-2-16-3-5-17(6-4-16)11-12-28-23(32)20-15-35-22(30-20)13-29-21(31)14-33-18-7-9-19(10-8-18)34-24(25,26)27/h3-10,15H,2,11-14H2,1H3,(H,28,32)(H,29,31). The fourth-order valence-corrected chi connectivity index (χ4v) is 3.67. The van der Waals surface area contributed by atoms with Crippen molar-refractivity contribution in [3.8, 4) is 11.5 Å². The lowest BCUT2D eigenvalue weighted by Gasteiger charge is -2.10. The van der Waals surface area contributed by atoms with Gasteiger partial charge in [0, 0.05) is 11.9 Å². The molecule has 2 amide bonds. The number of benzene rings is 2. The zero-order valence-electron chi connectivity index (χ0n) is 18.9. The topological polar surface area (TPSA) is 89.6 Å². The Balaban J connectivity index is 1.36. The van der Waals surface area contributed by atoms with Crippen LogP contribution in [0.5, 0.6) is 11.5 Å². The first-order valence-electron chi connectivity index (χ1n) is 10.8. The van der Waals surface area contributed by atoms with E-state index in [0.29, 0.717) is 18.0 Å². The molecule has 0 spiro atoms. The second kappa shape index (κ2) is 12.2. The number of amides is 2. The van der Waals surface area contributed by atoms with E-state index in [9.17, 15) is 22.8 Å². The van der Waals surface area contributed by atoms with Gasteiger partial charge < -0.3 is 20.1 Å². The fourth-order valence-electron chi connectivity index (χ4n) is 2.96. The predicted molar refractivity (Wildman–Crippen MR) is 124 cm³/mol. The van der Waals surface area contributed by atoms with Crippen LogP contribution in [0.15, 0.2) is 53.9 Å². The predicted octanol–water partition coefficient (Wildman–Crippen LogP) is 4.27. The minimum Gasteiger partial charge on any atom is -0.484 e. The van der Waals surface area contributed by atoms with Crippen LogP contribution in [0, 0.1) is 0 Å². The Hall–Kier alpha value is -3.60. The van der Waals surface area contributed by atoms with Crippen molar-refractivity contribution in [2.75, 3.05) is 13.2 Å². The van der Waals surface area contributed by atoms with E-state index in [1.165, 1.54) is 29.0 Å². The first kappa shape index (κ1) is 26.0. The van der Waals surface area contributed by atoms with E-state index in [2.05, 4.69) is 51.5 Å². The summed E-state index contributed by atoms with van der Waals surface area (Å²) in [4.78, 5) is 28.5. The molecule has 0 atom stereocenters. The van der Waals surface area contributed by atoms with Crippen LogP contribution in [0.1, 0.15) is 33.5 Å². The average molecular weight is 508 g/mol. The van der Waals surface area contributed by atoms with E-state index >= 15 is 0 Å². The number of hydrogen-bond acceptors (Lipinski definition) is 6. The van der Waals surface area contributed by atoms with Gasteiger partial charge in [0.25, 0.3) is 11.8 Å². The maximum Gasteiger partial charge on any atom is 0.573 e. The molecule has 0 unspecified atom stereocenters. The number of hydrogen-bond donors (Lipinski definition) is 2. The molecule has 0 aliphatic rings. The van der Waals surface area contributed by atoms with Crippen molar-refractivity contribution in [3.05, 3.63) is 75.7 Å². The van der Waals surface area contributed by atoms with Crippen LogP contribution in [0.2, 0.25) is 0 Å². The van der Waals surface area contributed by atoms with E-state index < -0.39 is 12.3 Å². The molecular formula is C24H24F3N3O4S. The van der Waals surface area contributed by atoms with Crippen molar-refractivity contribution >= 4 is 23.2 Å².